The molecule has 0 aliphatic rings. The average Bonchev–Trinajstić information content (AvgIpc) is 2.52. The van der Waals surface area contributed by atoms with Gasteiger partial charge < -0.3 is 10.5 Å². The van der Waals surface area contributed by atoms with Gasteiger partial charge in [-0.15, -0.1) is 23.7 Å². The number of carbonyl (C=O) groups is 1. The molecule has 4 nitrogen and oxygen atoms in total. The number of nitrogens with zero attached hydrogens (tertiary/aromatic N) is 1. The molecular formula is C7H11ClN2O2S. The number of thiazole rings is 1. The number of methoxy groups -OCH3 is 1. The molecule has 74 valence electrons. The fourth-order valence-electron chi connectivity index (χ4n) is 0.748. The Morgan fingerprint density at radius 2 is 2.46 bits per heavy atom. The molecule has 0 spiro atoms. The van der Waals surface area contributed by atoms with Crippen LogP contribution in [0, 0.1) is 0 Å². The highest BCUT2D eigenvalue weighted by molar-refractivity contribution is 7.09. The van der Waals surface area contributed by atoms with Crippen molar-refractivity contribution >= 4 is 29.7 Å². The highest BCUT2D eigenvalue weighted by Crippen LogP contribution is 2.10. The summed E-state index contributed by atoms with van der Waals surface area (Å²) in [5.41, 5.74) is 5.70. The second-order valence-electron chi connectivity index (χ2n) is 2.16. The molecule has 0 aromatic carbocycles. The quantitative estimate of drug-likeness (QED) is 0.771. The van der Waals surface area contributed by atoms with Crippen molar-refractivity contribution in [2.75, 3.05) is 13.7 Å². The average molecular weight is 223 g/mol. The third-order valence-corrected chi connectivity index (χ3v) is 2.21. The number of aromatic nitrogens is 1. The van der Waals surface area contributed by atoms with Crippen LogP contribution in [0.2, 0.25) is 0 Å². The van der Waals surface area contributed by atoms with Gasteiger partial charge in [-0.1, -0.05) is 0 Å². The van der Waals surface area contributed by atoms with Crippen molar-refractivity contribution in [2.45, 2.75) is 6.42 Å². The first-order chi connectivity index (χ1) is 5.77. The molecule has 1 rings (SSSR count). The van der Waals surface area contributed by atoms with Crippen LogP contribution in [0.1, 0.15) is 15.5 Å². The predicted octanol–water partition coefficient (Wildman–Crippen LogP) is 0.853. The summed E-state index contributed by atoms with van der Waals surface area (Å²) in [6.45, 7) is 0.550. The summed E-state index contributed by atoms with van der Waals surface area (Å²) in [6.07, 6.45) is 0.710. The van der Waals surface area contributed by atoms with E-state index >= 15 is 0 Å². The van der Waals surface area contributed by atoms with E-state index in [0.717, 1.165) is 5.01 Å². The van der Waals surface area contributed by atoms with Gasteiger partial charge in [0.15, 0.2) is 5.69 Å². The van der Waals surface area contributed by atoms with Gasteiger partial charge in [0, 0.05) is 11.8 Å². The van der Waals surface area contributed by atoms with Gasteiger partial charge in [-0.2, -0.15) is 0 Å². The molecule has 0 aliphatic heterocycles. The van der Waals surface area contributed by atoms with Crippen LogP contribution in [0.3, 0.4) is 0 Å². The summed E-state index contributed by atoms with van der Waals surface area (Å²) in [5.74, 6) is -0.394. The maximum absolute atomic E-state index is 10.9. The lowest BCUT2D eigenvalue weighted by atomic mass is 10.4. The monoisotopic (exact) mass is 222 g/mol. The van der Waals surface area contributed by atoms with Crippen LogP contribution in [-0.4, -0.2) is 24.6 Å². The van der Waals surface area contributed by atoms with Crippen molar-refractivity contribution in [1.29, 1.82) is 0 Å². The smallest absolute Gasteiger partial charge is 0.357 e. The molecule has 0 aliphatic carbocycles. The van der Waals surface area contributed by atoms with E-state index < -0.39 is 5.97 Å². The number of hydrogen-bond donors (Lipinski definition) is 1. The van der Waals surface area contributed by atoms with Gasteiger partial charge in [0.25, 0.3) is 0 Å². The van der Waals surface area contributed by atoms with Gasteiger partial charge >= 0.3 is 5.97 Å². The highest BCUT2D eigenvalue weighted by atomic mass is 35.5. The summed E-state index contributed by atoms with van der Waals surface area (Å²) >= 11 is 1.43. The molecule has 13 heavy (non-hydrogen) atoms. The molecule has 0 atom stereocenters. The third kappa shape index (κ3) is 3.30. The molecule has 0 bridgehead atoms. The second-order valence-corrected chi connectivity index (χ2v) is 3.10. The summed E-state index contributed by atoms with van der Waals surface area (Å²) in [7, 11) is 1.34. The van der Waals surface area contributed by atoms with E-state index in [1.165, 1.54) is 18.4 Å². The zero-order valence-corrected chi connectivity index (χ0v) is 8.78. The number of ether oxygens (including phenoxy) is 1. The molecule has 0 saturated heterocycles. The lowest BCUT2D eigenvalue weighted by Gasteiger charge is -1.91. The Morgan fingerprint density at radius 1 is 1.77 bits per heavy atom. The van der Waals surface area contributed by atoms with Gasteiger partial charge in [0.2, 0.25) is 0 Å². The maximum Gasteiger partial charge on any atom is 0.357 e. The summed E-state index contributed by atoms with van der Waals surface area (Å²) in [5, 5.41) is 2.55. The summed E-state index contributed by atoms with van der Waals surface area (Å²) in [4.78, 5) is 15.0. The molecule has 1 heterocycles. The first-order valence-electron chi connectivity index (χ1n) is 3.50. The van der Waals surface area contributed by atoms with Crippen molar-refractivity contribution in [3.63, 3.8) is 0 Å². The number of nitrogens with two attached hydrogens (primary N) is 1. The molecule has 1 aromatic rings. The normalized spacial score (nSPS) is 9.08. The van der Waals surface area contributed by atoms with Crippen molar-refractivity contribution in [3.05, 3.63) is 16.1 Å². The van der Waals surface area contributed by atoms with Crippen LogP contribution >= 0.6 is 23.7 Å². The molecule has 0 amide bonds. The van der Waals surface area contributed by atoms with Gasteiger partial charge in [-0.3, -0.25) is 0 Å². The molecule has 0 fully saturated rings. The summed E-state index contributed by atoms with van der Waals surface area (Å²) < 4.78 is 4.50. The molecule has 0 radical (unpaired) electrons. The van der Waals surface area contributed by atoms with E-state index in [9.17, 15) is 4.79 Å². The minimum atomic E-state index is -0.394. The Labute approximate surface area is 86.5 Å². The predicted molar refractivity (Wildman–Crippen MR) is 53.5 cm³/mol. The number of halogens is 1. The minimum absolute atomic E-state index is 0. The standard InChI is InChI=1S/C7H10N2O2S.ClH/c1-11-7(10)5-4-12-6(9-5)2-3-8;/h4H,2-3,8H2,1H3;1H. The molecular weight excluding hydrogens is 212 g/mol. The highest BCUT2D eigenvalue weighted by Gasteiger charge is 2.09. The molecule has 0 saturated carbocycles. The first kappa shape index (κ1) is 12.3. The molecule has 2 N–H and O–H groups in total. The number of hydrogen-bond acceptors (Lipinski definition) is 5. The molecule has 0 unspecified atom stereocenters. The topological polar surface area (TPSA) is 65.2 Å². The van der Waals surface area contributed by atoms with Crippen LogP contribution in [-0.2, 0) is 11.2 Å². The van der Waals surface area contributed by atoms with E-state index in [-0.39, 0.29) is 12.4 Å². The van der Waals surface area contributed by atoms with Crippen molar-refractivity contribution in [2.24, 2.45) is 5.73 Å². The van der Waals surface area contributed by atoms with Crippen LogP contribution in [0.4, 0.5) is 0 Å². The van der Waals surface area contributed by atoms with Crippen LogP contribution in [0.5, 0.6) is 0 Å². The Kier molecular flexibility index (Phi) is 5.61. The van der Waals surface area contributed by atoms with Gasteiger partial charge in [-0.05, 0) is 6.54 Å². The van der Waals surface area contributed by atoms with E-state index in [1.807, 2.05) is 0 Å². The van der Waals surface area contributed by atoms with E-state index in [4.69, 9.17) is 5.73 Å². The maximum atomic E-state index is 10.9. The van der Waals surface area contributed by atoms with Crippen LogP contribution < -0.4 is 5.73 Å². The Hall–Kier alpha value is -0.650. The number of rotatable bonds is 3. The Bertz CT molecular complexity index is 277. The lowest BCUT2D eigenvalue weighted by Crippen LogP contribution is -2.04. The lowest BCUT2D eigenvalue weighted by molar-refractivity contribution is 0.0594. The van der Waals surface area contributed by atoms with Crippen molar-refractivity contribution < 1.29 is 9.53 Å². The van der Waals surface area contributed by atoms with Crippen molar-refractivity contribution in [3.8, 4) is 0 Å². The Balaban J connectivity index is 0.00000144. The van der Waals surface area contributed by atoms with Crippen LogP contribution in [0.15, 0.2) is 5.38 Å². The zero-order chi connectivity index (χ0) is 8.97. The summed E-state index contributed by atoms with van der Waals surface area (Å²) in [6, 6.07) is 0. The fourth-order valence-corrected chi connectivity index (χ4v) is 1.53. The van der Waals surface area contributed by atoms with Crippen molar-refractivity contribution in [1.82, 2.24) is 4.98 Å². The third-order valence-electron chi connectivity index (χ3n) is 1.30. The SMILES string of the molecule is COC(=O)c1csc(CCN)n1.Cl. The minimum Gasteiger partial charge on any atom is -0.464 e. The van der Waals surface area contributed by atoms with Gasteiger partial charge in [-0.25, -0.2) is 9.78 Å². The second kappa shape index (κ2) is 5.90. The van der Waals surface area contributed by atoms with Gasteiger partial charge in [0.1, 0.15) is 0 Å². The van der Waals surface area contributed by atoms with Crippen LogP contribution in [0.25, 0.3) is 0 Å². The van der Waals surface area contributed by atoms with E-state index in [1.54, 1.807) is 5.38 Å². The molecule has 1 aromatic heterocycles. The van der Waals surface area contributed by atoms with Gasteiger partial charge in [0.05, 0.1) is 12.1 Å². The number of carbonyl (C=O) groups excluding carboxylic acids is 1. The fraction of sp³-hybridized carbons (Fsp3) is 0.429. The van der Waals surface area contributed by atoms with E-state index in [0.29, 0.717) is 18.7 Å². The largest absolute Gasteiger partial charge is 0.464 e. The van der Waals surface area contributed by atoms with E-state index in [2.05, 4.69) is 9.72 Å². The number of esters is 1. The molecule has 6 heteroatoms. The zero-order valence-electron chi connectivity index (χ0n) is 7.15. The first-order valence-corrected chi connectivity index (χ1v) is 4.38. The Morgan fingerprint density at radius 3 is 3.00 bits per heavy atom.